The molecule has 0 radical (unpaired) electrons. The molecule has 0 aliphatic heterocycles. The highest BCUT2D eigenvalue weighted by molar-refractivity contribution is 9.10. The van der Waals surface area contributed by atoms with E-state index in [0.717, 1.165) is 9.86 Å². The minimum Gasteiger partial charge on any atom is -0.464 e. The summed E-state index contributed by atoms with van der Waals surface area (Å²) in [6.45, 7) is 2.00. The Morgan fingerprint density at radius 2 is 1.70 bits per heavy atom. The number of para-hydroxylation sites is 1. The maximum absolute atomic E-state index is 13.2. The molecule has 0 saturated carbocycles. The first kappa shape index (κ1) is 24.3. The Kier molecular flexibility index (Phi) is 6.78. The number of hydrogen-bond acceptors (Lipinski definition) is 6. The number of furan rings is 2. The highest BCUT2D eigenvalue weighted by Crippen LogP contribution is 2.32. The number of anilines is 2. The van der Waals surface area contributed by atoms with Crippen molar-refractivity contribution in [2.45, 2.75) is 13.3 Å². The normalized spacial score (nSPS) is 11.0. The van der Waals surface area contributed by atoms with Crippen LogP contribution < -0.4 is 10.6 Å². The van der Waals surface area contributed by atoms with Crippen molar-refractivity contribution in [3.63, 3.8) is 0 Å². The van der Waals surface area contributed by atoms with Gasteiger partial charge in [0.1, 0.15) is 16.9 Å². The SMILES string of the molecule is CCOC(=O)c1ccc(NC(=O)c2oc3ccccc3c2NC(=O)Cc2coc3ccc(Br)cc23)cc1. The molecule has 37 heavy (non-hydrogen) atoms. The summed E-state index contributed by atoms with van der Waals surface area (Å²) in [6, 6.07) is 18.9. The largest absolute Gasteiger partial charge is 0.464 e. The molecule has 0 atom stereocenters. The van der Waals surface area contributed by atoms with Crippen LogP contribution in [-0.4, -0.2) is 24.4 Å². The predicted molar refractivity (Wildman–Crippen MR) is 143 cm³/mol. The molecule has 0 bridgehead atoms. The lowest BCUT2D eigenvalue weighted by atomic mass is 10.1. The summed E-state index contributed by atoms with van der Waals surface area (Å²) in [6.07, 6.45) is 1.59. The molecule has 5 aromatic rings. The summed E-state index contributed by atoms with van der Waals surface area (Å²) in [5, 5.41) is 7.02. The van der Waals surface area contributed by atoms with Crippen LogP contribution in [0.5, 0.6) is 0 Å². The average molecular weight is 561 g/mol. The van der Waals surface area contributed by atoms with Crippen LogP contribution in [0, 0.1) is 0 Å². The quantitative estimate of drug-likeness (QED) is 0.218. The summed E-state index contributed by atoms with van der Waals surface area (Å²) in [7, 11) is 0. The van der Waals surface area contributed by atoms with Crippen LogP contribution in [0.3, 0.4) is 0 Å². The van der Waals surface area contributed by atoms with Gasteiger partial charge in [0.2, 0.25) is 11.7 Å². The molecule has 2 aromatic heterocycles. The van der Waals surface area contributed by atoms with Gasteiger partial charge in [-0.1, -0.05) is 28.1 Å². The third-order valence-electron chi connectivity index (χ3n) is 5.69. The maximum atomic E-state index is 13.2. The minimum absolute atomic E-state index is 0.0381. The van der Waals surface area contributed by atoms with Crippen LogP contribution in [-0.2, 0) is 16.0 Å². The van der Waals surface area contributed by atoms with Crippen LogP contribution in [0.4, 0.5) is 11.4 Å². The molecule has 0 spiro atoms. The number of hydrogen-bond donors (Lipinski definition) is 2. The van der Waals surface area contributed by atoms with Gasteiger partial charge >= 0.3 is 5.97 Å². The predicted octanol–water partition coefficient (Wildman–Crippen LogP) is 6.55. The molecule has 0 aliphatic carbocycles. The maximum Gasteiger partial charge on any atom is 0.338 e. The number of halogens is 1. The first-order valence-corrected chi connectivity index (χ1v) is 12.3. The second-order valence-electron chi connectivity index (χ2n) is 8.18. The highest BCUT2D eigenvalue weighted by atomic mass is 79.9. The molecular formula is C28H21BrN2O6. The number of carbonyl (C=O) groups is 3. The van der Waals surface area contributed by atoms with Crippen molar-refractivity contribution in [1.29, 1.82) is 0 Å². The molecule has 0 unspecified atom stereocenters. The Labute approximate surface area is 219 Å². The van der Waals surface area contributed by atoms with Gasteiger partial charge in [0.25, 0.3) is 5.91 Å². The Balaban J connectivity index is 1.38. The monoisotopic (exact) mass is 560 g/mol. The molecule has 8 nitrogen and oxygen atoms in total. The summed E-state index contributed by atoms with van der Waals surface area (Å²) in [5.41, 5.74) is 2.94. The highest BCUT2D eigenvalue weighted by Gasteiger charge is 2.23. The van der Waals surface area contributed by atoms with Crippen molar-refractivity contribution in [3.05, 3.63) is 94.4 Å². The van der Waals surface area contributed by atoms with Gasteiger partial charge in [-0.05, 0) is 61.5 Å². The van der Waals surface area contributed by atoms with Crippen molar-refractivity contribution < 1.29 is 28.0 Å². The van der Waals surface area contributed by atoms with E-state index in [4.69, 9.17) is 13.6 Å². The summed E-state index contributed by atoms with van der Waals surface area (Å²) < 4.78 is 17.2. The van der Waals surface area contributed by atoms with Crippen molar-refractivity contribution in [2.75, 3.05) is 17.2 Å². The van der Waals surface area contributed by atoms with Crippen molar-refractivity contribution in [2.24, 2.45) is 0 Å². The number of nitrogens with one attached hydrogen (secondary N) is 2. The second-order valence-corrected chi connectivity index (χ2v) is 9.10. The second kappa shape index (κ2) is 10.3. The van der Waals surface area contributed by atoms with Gasteiger partial charge in [-0.3, -0.25) is 9.59 Å². The number of esters is 1. The van der Waals surface area contributed by atoms with E-state index in [0.29, 0.717) is 33.4 Å². The van der Waals surface area contributed by atoms with E-state index < -0.39 is 11.9 Å². The van der Waals surface area contributed by atoms with E-state index in [9.17, 15) is 14.4 Å². The van der Waals surface area contributed by atoms with E-state index in [-0.39, 0.29) is 30.4 Å². The summed E-state index contributed by atoms with van der Waals surface area (Å²) >= 11 is 3.44. The fraction of sp³-hybridized carbons (Fsp3) is 0.107. The van der Waals surface area contributed by atoms with Gasteiger partial charge in [-0.2, -0.15) is 0 Å². The van der Waals surface area contributed by atoms with Gasteiger partial charge in [-0.15, -0.1) is 0 Å². The zero-order valence-corrected chi connectivity index (χ0v) is 21.3. The van der Waals surface area contributed by atoms with E-state index in [1.807, 2.05) is 18.2 Å². The Morgan fingerprint density at radius 3 is 2.49 bits per heavy atom. The van der Waals surface area contributed by atoms with Crippen LogP contribution in [0.1, 0.15) is 33.4 Å². The van der Waals surface area contributed by atoms with Crippen LogP contribution in [0.2, 0.25) is 0 Å². The first-order valence-electron chi connectivity index (χ1n) is 11.5. The van der Waals surface area contributed by atoms with E-state index in [2.05, 4.69) is 26.6 Å². The Hall–Kier alpha value is -4.37. The molecule has 0 aliphatic rings. The lowest BCUT2D eigenvalue weighted by Crippen LogP contribution is -2.18. The average Bonchev–Trinajstić information content (AvgIpc) is 3.46. The van der Waals surface area contributed by atoms with E-state index in [1.54, 1.807) is 61.7 Å². The van der Waals surface area contributed by atoms with Gasteiger partial charge in [0.15, 0.2) is 0 Å². The molecule has 0 fully saturated rings. The van der Waals surface area contributed by atoms with Gasteiger partial charge in [0.05, 0.1) is 24.9 Å². The number of rotatable bonds is 7. The number of amides is 2. The molecule has 0 saturated heterocycles. The lowest BCUT2D eigenvalue weighted by Gasteiger charge is -2.08. The van der Waals surface area contributed by atoms with Crippen LogP contribution >= 0.6 is 15.9 Å². The number of carbonyl (C=O) groups excluding carboxylic acids is 3. The minimum atomic E-state index is -0.548. The third-order valence-corrected chi connectivity index (χ3v) is 6.18. The van der Waals surface area contributed by atoms with Gasteiger partial charge in [0, 0.05) is 26.5 Å². The smallest absolute Gasteiger partial charge is 0.338 e. The fourth-order valence-corrected chi connectivity index (χ4v) is 4.33. The fourth-order valence-electron chi connectivity index (χ4n) is 3.97. The van der Waals surface area contributed by atoms with Crippen molar-refractivity contribution in [1.82, 2.24) is 0 Å². The van der Waals surface area contributed by atoms with E-state index >= 15 is 0 Å². The summed E-state index contributed by atoms with van der Waals surface area (Å²) in [4.78, 5) is 38.1. The van der Waals surface area contributed by atoms with Gasteiger partial charge < -0.3 is 24.2 Å². The first-order chi connectivity index (χ1) is 17.9. The summed E-state index contributed by atoms with van der Waals surface area (Å²) in [5.74, 6) is -1.36. The Bertz CT molecular complexity index is 1630. The molecule has 2 heterocycles. The number of benzene rings is 3. The van der Waals surface area contributed by atoms with Crippen LogP contribution in [0.25, 0.3) is 21.9 Å². The lowest BCUT2D eigenvalue weighted by molar-refractivity contribution is -0.115. The molecule has 3 aromatic carbocycles. The zero-order chi connectivity index (χ0) is 25.9. The third kappa shape index (κ3) is 5.12. The topological polar surface area (TPSA) is 111 Å². The Morgan fingerprint density at radius 1 is 0.919 bits per heavy atom. The molecule has 2 N–H and O–H groups in total. The van der Waals surface area contributed by atoms with Crippen molar-refractivity contribution >= 4 is 67.0 Å². The van der Waals surface area contributed by atoms with Crippen molar-refractivity contribution in [3.8, 4) is 0 Å². The van der Waals surface area contributed by atoms with Gasteiger partial charge in [-0.25, -0.2) is 4.79 Å². The molecule has 186 valence electrons. The molecule has 2 amide bonds. The van der Waals surface area contributed by atoms with E-state index in [1.165, 1.54) is 0 Å². The number of ether oxygens (including phenoxy) is 1. The molecule has 9 heteroatoms. The molecule has 5 rings (SSSR count). The standard InChI is InChI=1S/C28H21BrN2O6/c1-2-35-28(34)16-7-10-19(11-8-16)30-27(33)26-25(20-5-3-4-6-23(20)37-26)31-24(32)13-17-15-36-22-12-9-18(29)14-21(17)22/h3-12,14-15H,2,13H2,1H3,(H,30,33)(H,31,32). The van der Waals surface area contributed by atoms with Crippen LogP contribution in [0.15, 0.2) is 86.3 Å². The zero-order valence-electron chi connectivity index (χ0n) is 19.7. The molecular weight excluding hydrogens is 540 g/mol. The number of fused-ring (bicyclic) bond motifs is 2.